The van der Waals surface area contributed by atoms with Gasteiger partial charge in [-0.1, -0.05) is 22.9 Å². The molecule has 2 aromatic rings. The summed E-state index contributed by atoms with van der Waals surface area (Å²) in [5.74, 6) is 0. The van der Waals surface area contributed by atoms with Crippen molar-refractivity contribution in [3.05, 3.63) is 49.7 Å². The topological polar surface area (TPSA) is 61.0 Å². The van der Waals surface area contributed by atoms with Crippen LogP contribution < -0.4 is 0 Å². The Morgan fingerprint density at radius 2 is 2.11 bits per heavy atom. The smallest absolute Gasteiger partial charge is 0.258 e. The van der Waals surface area contributed by atoms with Crippen LogP contribution in [0.3, 0.4) is 0 Å². The van der Waals surface area contributed by atoms with Gasteiger partial charge in [0.25, 0.3) is 5.69 Å². The number of aryl methyl sites for hydroxylation is 1. The van der Waals surface area contributed by atoms with E-state index in [0.717, 1.165) is 23.4 Å². The fourth-order valence-electron chi connectivity index (χ4n) is 2.24. The molecule has 0 bridgehead atoms. The molecule has 19 heavy (non-hydrogen) atoms. The Morgan fingerprint density at radius 1 is 1.42 bits per heavy atom. The number of halogens is 1. The summed E-state index contributed by atoms with van der Waals surface area (Å²) in [6.07, 6.45) is 0.863. The number of hydrogen-bond acceptors (Lipinski definition) is 3. The molecule has 0 saturated carbocycles. The molecule has 0 spiro atoms. The average molecular weight is 324 g/mol. The van der Waals surface area contributed by atoms with Crippen LogP contribution in [0.4, 0.5) is 5.69 Å². The Hall–Kier alpha value is -1.69. The van der Waals surface area contributed by atoms with Crippen molar-refractivity contribution in [2.75, 3.05) is 0 Å². The molecule has 1 aromatic carbocycles. The molecular weight excluding hydrogens is 310 g/mol. The van der Waals surface area contributed by atoms with Crippen molar-refractivity contribution in [3.63, 3.8) is 0 Å². The fourth-order valence-corrected chi connectivity index (χ4v) is 2.59. The van der Waals surface area contributed by atoms with E-state index in [1.165, 1.54) is 6.07 Å². The quantitative estimate of drug-likeness (QED) is 0.638. The lowest BCUT2D eigenvalue weighted by Crippen LogP contribution is -2.04. The Balaban J connectivity index is 2.69. The average Bonchev–Trinajstić information content (AvgIpc) is 2.64. The number of nitrogens with zero attached hydrogens (tertiary/aromatic N) is 3. The standard InChI is InChI=1S/C13H14BrN3O2/c1-4-11-8(2)15-16(9(11)3)12-6-5-10(14)7-13(12)17(18)19/h5-7H,4H2,1-3H3. The zero-order valence-corrected chi connectivity index (χ0v) is 12.6. The van der Waals surface area contributed by atoms with Crippen LogP contribution in [-0.2, 0) is 6.42 Å². The summed E-state index contributed by atoms with van der Waals surface area (Å²) in [7, 11) is 0. The highest BCUT2D eigenvalue weighted by Crippen LogP contribution is 2.28. The van der Waals surface area contributed by atoms with Gasteiger partial charge in [-0.25, -0.2) is 4.68 Å². The monoisotopic (exact) mass is 323 g/mol. The van der Waals surface area contributed by atoms with E-state index in [4.69, 9.17) is 0 Å². The van der Waals surface area contributed by atoms with E-state index in [1.807, 2.05) is 13.8 Å². The second-order valence-electron chi connectivity index (χ2n) is 4.30. The summed E-state index contributed by atoms with van der Waals surface area (Å²) < 4.78 is 2.33. The van der Waals surface area contributed by atoms with Gasteiger partial charge in [0.1, 0.15) is 5.69 Å². The Labute approximate surface area is 119 Å². The van der Waals surface area contributed by atoms with Crippen LogP contribution in [0.2, 0.25) is 0 Å². The van der Waals surface area contributed by atoms with Crippen molar-refractivity contribution in [3.8, 4) is 5.69 Å². The van der Waals surface area contributed by atoms with E-state index in [1.54, 1.807) is 16.8 Å². The van der Waals surface area contributed by atoms with Gasteiger partial charge in [0.2, 0.25) is 0 Å². The first-order valence-corrected chi connectivity index (χ1v) is 6.74. The van der Waals surface area contributed by atoms with Gasteiger partial charge in [0, 0.05) is 16.2 Å². The number of benzene rings is 1. The molecule has 6 heteroatoms. The maximum atomic E-state index is 11.2. The first-order valence-electron chi connectivity index (χ1n) is 5.95. The lowest BCUT2D eigenvalue weighted by Gasteiger charge is -2.06. The molecule has 0 amide bonds. The van der Waals surface area contributed by atoms with Gasteiger partial charge in [0.05, 0.1) is 10.6 Å². The molecule has 2 rings (SSSR count). The Kier molecular flexibility index (Phi) is 3.71. The van der Waals surface area contributed by atoms with Crippen molar-refractivity contribution in [1.82, 2.24) is 9.78 Å². The van der Waals surface area contributed by atoms with Gasteiger partial charge in [-0.15, -0.1) is 0 Å². The Bertz CT molecular complexity index is 650. The summed E-state index contributed by atoms with van der Waals surface area (Å²) in [4.78, 5) is 10.8. The van der Waals surface area contributed by atoms with Crippen LogP contribution in [0.5, 0.6) is 0 Å². The lowest BCUT2D eigenvalue weighted by atomic mass is 10.1. The van der Waals surface area contributed by atoms with Crippen LogP contribution in [0.15, 0.2) is 22.7 Å². The van der Waals surface area contributed by atoms with Crippen LogP contribution in [0.1, 0.15) is 23.9 Å². The number of rotatable bonds is 3. The highest BCUT2D eigenvalue weighted by molar-refractivity contribution is 9.10. The zero-order valence-electron chi connectivity index (χ0n) is 11.0. The van der Waals surface area contributed by atoms with Gasteiger partial charge in [-0.3, -0.25) is 10.1 Å². The van der Waals surface area contributed by atoms with E-state index >= 15 is 0 Å². The maximum absolute atomic E-state index is 11.2. The molecule has 0 aliphatic carbocycles. The molecular formula is C13H14BrN3O2. The number of hydrogen-bond donors (Lipinski definition) is 0. The molecule has 0 aliphatic rings. The van der Waals surface area contributed by atoms with E-state index in [9.17, 15) is 10.1 Å². The fraction of sp³-hybridized carbons (Fsp3) is 0.308. The first-order chi connectivity index (χ1) is 8.95. The van der Waals surface area contributed by atoms with Crippen LogP contribution in [-0.4, -0.2) is 14.7 Å². The maximum Gasteiger partial charge on any atom is 0.296 e. The molecule has 0 atom stereocenters. The molecule has 0 unspecified atom stereocenters. The minimum Gasteiger partial charge on any atom is -0.258 e. The second-order valence-corrected chi connectivity index (χ2v) is 5.22. The number of nitro groups is 1. The summed E-state index contributed by atoms with van der Waals surface area (Å²) in [6.45, 7) is 5.91. The largest absolute Gasteiger partial charge is 0.296 e. The number of nitro benzene ring substituents is 1. The summed E-state index contributed by atoms with van der Waals surface area (Å²) in [5, 5.41) is 15.6. The minimum atomic E-state index is -0.387. The van der Waals surface area contributed by atoms with Crippen LogP contribution >= 0.6 is 15.9 Å². The second kappa shape index (κ2) is 5.13. The van der Waals surface area contributed by atoms with Crippen molar-refractivity contribution in [1.29, 1.82) is 0 Å². The number of aromatic nitrogens is 2. The van der Waals surface area contributed by atoms with Gasteiger partial charge >= 0.3 is 0 Å². The summed E-state index contributed by atoms with van der Waals surface area (Å²) in [5.41, 5.74) is 3.54. The molecule has 0 fully saturated rings. The van der Waals surface area contributed by atoms with Crippen molar-refractivity contribution >= 4 is 21.6 Å². The lowest BCUT2D eigenvalue weighted by molar-refractivity contribution is -0.384. The third-order valence-electron chi connectivity index (χ3n) is 3.16. The zero-order chi connectivity index (χ0) is 14.2. The van der Waals surface area contributed by atoms with Crippen molar-refractivity contribution in [2.45, 2.75) is 27.2 Å². The van der Waals surface area contributed by atoms with Crippen molar-refractivity contribution in [2.24, 2.45) is 0 Å². The highest BCUT2D eigenvalue weighted by Gasteiger charge is 2.20. The van der Waals surface area contributed by atoms with Crippen LogP contribution in [0.25, 0.3) is 5.69 Å². The normalized spacial score (nSPS) is 10.7. The third-order valence-corrected chi connectivity index (χ3v) is 3.65. The van der Waals surface area contributed by atoms with E-state index in [0.29, 0.717) is 10.2 Å². The van der Waals surface area contributed by atoms with Crippen LogP contribution in [0, 0.1) is 24.0 Å². The van der Waals surface area contributed by atoms with E-state index in [-0.39, 0.29) is 10.6 Å². The van der Waals surface area contributed by atoms with Gasteiger partial charge in [0.15, 0.2) is 0 Å². The SMILES string of the molecule is CCc1c(C)nn(-c2ccc(Br)cc2[N+](=O)[O-])c1C. The van der Waals surface area contributed by atoms with Crippen molar-refractivity contribution < 1.29 is 4.92 Å². The van der Waals surface area contributed by atoms with Gasteiger partial charge in [-0.05, 0) is 38.0 Å². The molecule has 1 aromatic heterocycles. The molecule has 100 valence electrons. The highest BCUT2D eigenvalue weighted by atomic mass is 79.9. The predicted molar refractivity (Wildman–Crippen MR) is 76.8 cm³/mol. The molecule has 0 aliphatic heterocycles. The molecule has 1 heterocycles. The molecule has 0 saturated heterocycles. The molecule has 5 nitrogen and oxygen atoms in total. The van der Waals surface area contributed by atoms with Gasteiger partial charge < -0.3 is 0 Å². The third kappa shape index (κ3) is 2.40. The minimum absolute atomic E-state index is 0.0441. The van der Waals surface area contributed by atoms with E-state index < -0.39 is 0 Å². The Morgan fingerprint density at radius 3 is 2.63 bits per heavy atom. The molecule has 0 radical (unpaired) electrons. The van der Waals surface area contributed by atoms with E-state index in [2.05, 4.69) is 28.0 Å². The summed E-state index contributed by atoms with van der Waals surface area (Å²) >= 11 is 3.25. The first kappa shape index (κ1) is 13.7. The predicted octanol–water partition coefficient (Wildman–Crippen LogP) is 3.72. The van der Waals surface area contributed by atoms with Gasteiger partial charge in [-0.2, -0.15) is 5.10 Å². The molecule has 0 N–H and O–H groups in total. The summed E-state index contributed by atoms with van der Waals surface area (Å²) in [6, 6.07) is 4.99.